The van der Waals surface area contributed by atoms with Crippen LogP contribution in [0.4, 0.5) is 0 Å². The van der Waals surface area contributed by atoms with Crippen LogP contribution in [0.1, 0.15) is 27.7 Å². The third-order valence-electron chi connectivity index (χ3n) is 3.17. The highest BCUT2D eigenvalue weighted by atomic mass is 32.1. The molecule has 0 saturated carbocycles. The Balaban J connectivity index is 1.85. The van der Waals surface area contributed by atoms with Crippen LogP contribution in [0.25, 0.3) is 0 Å². The molecule has 2 rings (SSSR count). The molecule has 0 radical (unpaired) electrons. The Morgan fingerprint density at radius 3 is 2.52 bits per heavy atom. The summed E-state index contributed by atoms with van der Waals surface area (Å²) < 4.78 is 0. The fourth-order valence-electron chi connectivity index (χ4n) is 1.84. The summed E-state index contributed by atoms with van der Waals surface area (Å²) >= 11 is 1.61. The van der Waals surface area contributed by atoms with Crippen LogP contribution in [0.2, 0.25) is 0 Å². The van der Waals surface area contributed by atoms with Crippen molar-refractivity contribution < 1.29 is 9.59 Å². The molecule has 1 unspecified atom stereocenters. The summed E-state index contributed by atoms with van der Waals surface area (Å²) in [5.41, 5.74) is 1.72. The molecule has 110 valence electrons. The third kappa shape index (κ3) is 4.16. The fourth-order valence-corrected chi connectivity index (χ4v) is 2.69. The lowest BCUT2D eigenvalue weighted by Gasteiger charge is -2.14. The molecule has 21 heavy (non-hydrogen) atoms. The Hall–Kier alpha value is -2.14. The van der Waals surface area contributed by atoms with Gasteiger partial charge in [-0.1, -0.05) is 18.2 Å². The first-order valence-electron chi connectivity index (χ1n) is 6.74. The van der Waals surface area contributed by atoms with Crippen molar-refractivity contribution in [2.45, 2.75) is 26.4 Å². The first-order valence-corrected chi connectivity index (χ1v) is 7.62. The zero-order valence-electron chi connectivity index (χ0n) is 12.1. The zero-order valence-corrected chi connectivity index (χ0v) is 12.9. The highest BCUT2D eigenvalue weighted by molar-refractivity contribution is 7.10. The lowest BCUT2D eigenvalue weighted by atomic mass is 10.2. The minimum absolute atomic E-state index is 0.188. The topological polar surface area (TPSA) is 58.2 Å². The third-order valence-corrected chi connectivity index (χ3v) is 4.19. The molecule has 1 aromatic heterocycles. The Morgan fingerprint density at radius 1 is 1.19 bits per heavy atom. The van der Waals surface area contributed by atoms with Gasteiger partial charge in [0.25, 0.3) is 5.91 Å². The monoisotopic (exact) mass is 302 g/mol. The van der Waals surface area contributed by atoms with Gasteiger partial charge in [0.2, 0.25) is 5.91 Å². The van der Waals surface area contributed by atoms with Gasteiger partial charge in [-0.2, -0.15) is 0 Å². The first-order chi connectivity index (χ1) is 10.1. The number of hydrogen-bond acceptors (Lipinski definition) is 3. The van der Waals surface area contributed by atoms with Crippen molar-refractivity contribution in [2.75, 3.05) is 0 Å². The molecule has 0 aliphatic rings. The second kappa shape index (κ2) is 7.04. The Morgan fingerprint density at radius 2 is 1.90 bits per heavy atom. The number of carbonyl (C=O) groups excluding carboxylic acids is 2. The van der Waals surface area contributed by atoms with Crippen molar-refractivity contribution in [1.29, 1.82) is 0 Å². The molecule has 0 fully saturated rings. The number of nitrogens with one attached hydrogen (secondary N) is 2. The normalized spacial score (nSPS) is 11.7. The minimum atomic E-state index is -0.571. The molecule has 1 heterocycles. The molecule has 2 aromatic rings. The molecule has 0 aliphatic carbocycles. The molecule has 0 spiro atoms. The van der Waals surface area contributed by atoms with Gasteiger partial charge in [-0.05, 0) is 43.0 Å². The maximum absolute atomic E-state index is 12.0. The number of rotatable bonds is 5. The lowest BCUT2D eigenvalue weighted by molar-refractivity contribution is -0.122. The number of thiophene rings is 1. The van der Waals surface area contributed by atoms with Gasteiger partial charge in [-0.15, -0.1) is 11.3 Å². The van der Waals surface area contributed by atoms with Crippen LogP contribution >= 0.6 is 11.3 Å². The molecule has 2 amide bonds. The summed E-state index contributed by atoms with van der Waals surface area (Å²) in [6.07, 6.45) is 0. The Kier molecular flexibility index (Phi) is 5.11. The molecule has 0 bridgehead atoms. The Bertz CT molecular complexity index is 622. The molecule has 5 heteroatoms. The number of amides is 2. The predicted molar refractivity (Wildman–Crippen MR) is 84.3 cm³/mol. The predicted octanol–water partition coefficient (Wildman–Crippen LogP) is 2.49. The van der Waals surface area contributed by atoms with Crippen molar-refractivity contribution >= 4 is 23.2 Å². The van der Waals surface area contributed by atoms with E-state index in [0.29, 0.717) is 12.1 Å². The quantitative estimate of drug-likeness (QED) is 0.891. The van der Waals surface area contributed by atoms with E-state index in [1.165, 1.54) is 5.56 Å². The van der Waals surface area contributed by atoms with E-state index in [0.717, 1.165) is 4.88 Å². The summed E-state index contributed by atoms with van der Waals surface area (Å²) in [6, 6.07) is 10.3. The number of aryl methyl sites for hydroxylation is 1. The van der Waals surface area contributed by atoms with Crippen molar-refractivity contribution in [1.82, 2.24) is 10.6 Å². The second-order valence-electron chi connectivity index (χ2n) is 4.81. The van der Waals surface area contributed by atoms with Gasteiger partial charge in [0.05, 0.1) is 6.54 Å². The van der Waals surface area contributed by atoms with E-state index in [9.17, 15) is 9.59 Å². The van der Waals surface area contributed by atoms with Crippen molar-refractivity contribution in [3.05, 3.63) is 57.8 Å². The van der Waals surface area contributed by atoms with Crippen LogP contribution in [-0.2, 0) is 11.3 Å². The van der Waals surface area contributed by atoms with Crippen LogP contribution < -0.4 is 10.6 Å². The van der Waals surface area contributed by atoms with E-state index in [-0.39, 0.29) is 11.8 Å². The molecule has 4 nitrogen and oxygen atoms in total. The average molecular weight is 302 g/mol. The average Bonchev–Trinajstić information content (AvgIpc) is 2.90. The highest BCUT2D eigenvalue weighted by Gasteiger charge is 2.16. The minimum Gasteiger partial charge on any atom is -0.349 e. The van der Waals surface area contributed by atoms with Gasteiger partial charge in [0.15, 0.2) is 0 Å². The van der Waals surface area contributed by atoms with Crippen LogP contribution in [-0.4, -0.2) is 17.9 Å². The first kappa shape index (κ1) is 15.3. The summed E-state index contributed by atoms with van der Waals surface area (Å²) in [5.74, 6) is -0.433. The summed E-state index contributed by atoms with van der Waals surface area (Å²) in [5, 5.41) is 7.53. The van der Waals surface area contributed by atoms with Crippen LogP contribution in [0.5, 0.6) is 0 Å². The van der Waals surface area contributed by atoms with E-state index in [1.807, 2.05) is 24.4 Å². The molecule has 0 aliphatic heterocycles. The smallest absolute Gasteiger partial charge is 0.251 e. The largest absolute Gasteiger partial charge is 0.349 e. The van der Waals surface area contributed by atoms with E-state index in [4.69, 9.17) is 0 Å². The maximum atomic E-state index is 12.0. The molecule has 1 aromatic carbocycles. The lowest BCUT2D eigenvalue weighted by Crippen LogP contribution is -2.44. The molecular formula is C16H18N2O2S. The van der Waals surface area contributed by atoms with E-state index in [2.05, 4.69) is 10.6 Å². The van der Waals surface area contributed by atoms with Crippen LogP contribution in [0.15, 0.2) is 41.8 Å². The molecule has 2 N–H and O–H groups in total. The standard InChI is InChI=1S/C16H18N2O2S/c1-11-8-9-21-14(11)10-17-15(19)12(2)18-16(20)13-6-4-3-5-7-13/h3-9,12H,10H2,1-2H3,(H,17,19)(H,18,20). The van der Waals surface area contributed by atoms with Crippen LogP contribution in [0.3, 0.4) is 0 Å². The zero-order chi connectivity index (χ0) is 15.2. The van der Waals surface area contributed by atoms with Crippen LogP contribution in [0, 0.1) is 6.92 Å². The highest BCUT2D eigenvalue weighted by Crippen LogP contribution is 2.14. The SMILES string of the molecule is Cc1ccsc1CNC(=O)C(C)NC(=O)c1ccccc1. The molecule has 1 atom stereocenters. The van der Waals surface area contributed by atoms with Gasteiger partial charge < -0.3 is 10.6 Å². The van der Waals surface area contributed by atoms with Gasteiger partial charge >= 0.3 is 0 Å². The van der Waals surface area contributed by atoms with Crippen molar-refractivity contribution in [3.63, 3.8) is 0 Å². The van der Waals surface area contributed by atoms with E-state index < -0.39 is 6.04 Å². The van der Waals surface area contributed by atoms with Gasteiger partial charge in [-0.3, -0.25) is 9.59 Å². The summed E-state index contributed by atoms with van der Waals surface area (Å²) in [4.78, 5) is 25.1. The number of benzene rings is 1. The van der Waals surface area contributed by atoms with Gasteiger partial charge in [0.1, 0.15) is 6.04 Å². The summed E-state index contributed by atoms with van der Waals surface area (Å²) in [6.45, 7) is 4.18. The number of carbonyl (C=O) groups is 2. The molecular weight excluding hydrogens is 284 g/mol. The van der Waals surface area contributed by atoms with Crippen molar-refractivity contribution in [3.8, 4) is 0 Å². The molecule has 0 saturated heterocycles. The maximum Gasteiger partial charge on any atom is 0.251 e. The summed E-state index contributed by atoms with van der Waals surface area (Å²) in [7, 11) is 0. The van der Waals surface area contributed by atoms with E-state index >= 15 is 0 Å². The van der Waals surface area contributed by atoms with Gasteiger partial charge in [0, 0.05) is 10.4 Å². The van der Waals surface area contributed by atoms with Crippen molar-refractivity contribution in [2.24, 2.45) is 0 Å². The fraction of sp³-hybridized carbons (Fsp3) is 0.250. The number of hydrogen-bond donors (Lipinski definition) is 2. The van der Waals surface area contributed by atoms with Gasteiger partial charge in [-0.25, -0.2) is 0 Å². The van der Waals surface area contributed by atoms with E-state index in [1.54, 1.807) is 42.5 Å². The Labute approximate surface area is 128 Å². The second-order valence-corrected chi connectivity index (χ2v) is 5.81.